The fraction of sp³-hybridized carbons (Fsp3) is 0.476. The lowest BCUT2D eigenvalue weighted by Gasteiger charge is -2.47. The Bertz CT molecular complexity index is 2150. The number of fused-ring (bicyclic) bond motifs is 1. The van der Waals surface area contributed by atoms with Gasteiger partial charge in [-0.3, -0.25) is 39.0 Å². The first-order valence-electron chi connectivity index (χ1n) is 20.3. The number of primary amides is 1. The van der Waals surface area contributed by atoms with Crippen molar-refractivity contribution in [1.82, 2.24) is 25.1 Å². The van der Waals surface area contributed by atoms with E-state index in [-0.39, 0.29) is 30.5 Å². The van der Waals surface area contributed by atoms with Crippen molar-refractivity contribution in [2.45, 2.75) is 69.9 Å². The van der Waals surface area contributed by atoms with Gasteiger partial charge in [-0.2, -0.15) is 0 Å². The van der Waals surface area contributed by atoms with E-state index in [4.69, 9.17) is 10.7 Å². The molecule has 5 fully saturated rings. The molecule has 6 aliphatic heterocycles. The average molecular weight is 774 g/mol. The molecule has 9 rings (SSSR count). The number of rotatable bonds is 9. The molecule has 0 spiro atoms. The number of aromatic nitrogens is 2. The van der Waals surface area contributed by atoms with Crippen molar-refractivity contribution in [2.24, 2.45) is 17.6 Å². The summed E-state index contributed by atoms with van der Waals surface area (Å²) < 4.78 is 0. The number of hydrogen-bond acceptors (Lipinski definition) is 11. The van der Waals surface area contributed by atoms with Gasteiger partial charge in [0.15, 0.2) is 0 Å². The van der Waals surface area contributed by atoms with Crippen LogP contribution in [0.4, 0.5) is 17.2 Å². The second-order valence-electron chi connectivity index (χ2n) is 16.3. The highest BCUT2D eigenvalue weighted by atomic mass is 16.2. The van der Waals surface area contributed by atoms with Crippen LogP contribution >= 0.6 is 0 Å². The largest absolute Gasteiger partial charge is 0.371 e. The number of anilines is 3. The van der Waals surface area contributed by atoms with E-state index in [9.17, 15) is 28.8 Å². The summed E-state index contributed by atoms with van der Waals surface area (Å²) >= 11 is 0. The van der Waals surface area contributed by atoms with Gasteiger partial charge in [-0.05, 0) is 86.3 Å². The number of imide groups is 2. The fourth-order valence-electron chi connectivity index (χ4n) is 9.70. The molecule has 0 saturated carbocycles. The summed E-state index contributed by atoms with van der Waals surface area (Å²) in [5, 5.41) is 2.24. The molecule has 15 nitrogen and oxygen atoms in total. The lowest BCUT2D eigenvalue weighted by molar-refractivity contribution is -0.136. The first kappa shape index (κ1) is 36.8. The monoisotopic (exact) mass is 773 g/mol. The van der Waals surface area contributed by atoms with Gasteiger partial charge in [0.05, 0.1) is 23.0 Å². The van der Waals surface area contributed by atoms with E-state index >= 15 is 0 Å². The highest BCUT2D eigenvalue weighted by Crippen LogP contribution is 2.37. The highest BCUT2D eigenvalue weighted by Gasteiger charge is 2.45. The minimum Gasteiger partial charge on any atom is -0.371 e. The van der Waals surface area contributed by atoms with Gasteiger partial charge in [0, 0.05) is 82.5 Å². The van der Waals surface area contributed by atoms with Gasteiger partial charge in [0.25, 0.3) is 17.7 Å². The number of nitrogens with two attached hydrogens (primary N) is 1. The molecule has 2 aromatic carbocycles. The zero-order valence-electron chi connectivity index (χ0n) is 31.9. The second-order valence-corrected chi connectivity index (χ2v) is 16.3. The number of nitrogens with zero attached hydrogens (tertiary/aromatic N) is 7. The standard InChI is InChI=1S/C42H47N9O6/c43-39(54)38-33(45-35(21-44-38)48-15-1-3-30(24-48)50-16-2-4-37(50)53)19-25-5-7-28(8-6-25)49-22-27(23-49)26-13-17-47(18-14-26)29-9-10-31-32(20-29)42(57)51(41(31)56)34-11-12-36(52)46-40(34)55/h5-10,20-21,26-27,30,34H,1-4,11-19,22-24H2,(H2,43,54)(H,46,52,55)/t30-,34?/m1/s1. The second kappa shape index (κ2) is 14.9. The Balaban J connectivity index is 0.782. The number of hydrogen-bond donors (Lipinski definition) is 2. The maximum absolute atomic E-state index is 13.3. The SMILES string of the molecule is NC(=O)c1ncc(N2CCC[C@@H](N3CCCC3=O)C2)nc1Cc1ccc(N2CC(C3CCN(c4ccc5c(c4)C(=O)N(C4CCC(=O)NC4=O)C5=O)CC3)C2)cc1. The maximum atomic E-state index is 13.3. The molecule has 7 heterocycles. The number of amides is 6. The first-order valence-corrected chi connectivity index (χ1v) is 20.3. The minimum atomic E-state index is -0.975. The Labute approximate surface area is 330 Å². The van der Waals surface area contributed by atoms with E-state index in [2.05, 4.69) is 49.3 Å². The van der Waals surface area contributed by atoms with Crippen LogP contribution in [-0.4, -0.2) is 113 Å². The van der Waals surface area contributed by atoms with Crippen molar-refractivity contribution < 1.29 is 28.8 Å². The van der Waals surface area contributed by atoms with Crippen LogP contribution in [0.2, 0.25) is 0 Å². The van der Waals surface area contributed by atoms with Gasteiger partial charge in [-0.25, -0.2) is 9.97 Å². The molecule has 57 heavy (non-hydrogen) atoms. The van der Waals surface area contributed by atoms with Crippen LogP contribution < -0.4 is 25.8 Å². The summed E-state index contributed by atoms with van der Waals surface area (Å²) in [5.41, 5.74) is 10.1. The van der Waals surface area contributed by atoms with E-state index in [1.807, 2.05) is 11.0 Å². The van der Waals surface area contributed by atoms with E-state index < -0.39 is 35.6 Å². The molecule has 1 unspecified atom stereocenters. The summed E-state index contributed by atoms with van der Waals surface area (Å²) in [7, 11) is 0. The average Bonchev–Trinajstić information content (AvgIpc) is 3.74. The molecule has 3 aromatic rings. The molecule has 0 radical (unpaired) electrons. The molecule has 0 aliphatic carbocycles. The summed E-state index contributed by atoms with van der Waals surface area (Å²) in [5.74, 6) is -0.473. The number of piperidine rings is 3. The fourth-order valence-corrected chi connectivity index (χ4v) is 9.70. The predicted octanol–water partition coefficient (Wildman–Crippen LogP) is 2.51. The van der Waals surface area contributed by atoms with Crippen molar-refractivity contribution >= 4 is 52.6 Å². The van der Waals surface area contributed by atoms with E-state index in [0.29, 0.717) is 53.9 Å². The van der Waals surface area contributed by atoms with Gasteiger partial charge in [-0.15, -0.1) is 0 Å². The Morgan fingerprint density at radius 3 is 2.23 bits per heavy atom. The molecule has 6 aliphatic rings. The van der Waals surface area contributed by atoms with Gasteiger partial charge in [0.1, 0.15) is 17.6 Å². The molecular formula is C42H47N9O6. The van der Waals surface area contributed by atoms with Crippen LogP contribution in [0, 0.1) is 11.8 Å². The number of carbonyl (C=O) groups excluding carboxylic acids is 6. The quantitative estimate of drug-likeness (QED) is 0.305. The van der Waals surface area contributed by atoms with Crippen LogP contribution in [0.3, 0.4) is 0 Å². The summed E-state index contributed by atoms with van der Waals surface area (Å²) in [4.78, 5) is 94.5. The Morgan fingerprint density at radius 2 is 1.51 bits per heavy atom. The van der Waals surface area contributed by atoms with Crippen molar-refractivity contribution in [3.8, 4) is 0 Å². The normalized spacial score (nSPS) is 23.3. The number of likely N-dealkylation sites (tertiary alicyclic amines) is 1. The number of carbonyl (C=O) groups is 6. The van der Waals surface area contributed by atoms with Crippen LogP contribution in [0.15, 0.2) is 48.7 Å². The van der Waals surface area contributed by atoms with Gasteiger partial charge < -0.3 is 25.3 Å². The summed E-state index contributed by atoms with van der Waals surface area (Å²) in [6.07, 6.45) is 7.81. The van der Waals surface area contributed by atoms with Crippen molar-refractivity contribution in [3.05, 3.63) is 76.7 Å². The molecule has 5 saturated heterocycles. The topological polar surface area (TPSA) is 182 Å². The van der Waals surface area contributed by atoms with Crippen molar-refractivity contribution in [1.29, 1.82) is 0 Å². The first-order chi connectivity index (χ1) is 27.6. The molecule has 3 N–H and O–H groups in total. The van der Waals surface area contributed by atoms with Gasteiger partial charge >= 0.3 is 0 Å². The molecule has 1 aromatic heterocycles. The third kappa shape index (κ3) is 6.97. The zero-order chi connectivity index (χ0) is 39.4. The molecule has 296 valence electrons. The maximum Gasteiger partial charge on any atom is 0.269 e. The molecule has 2 atom stereocenters. The van der Waals surface area contributed by atoms with Crippen LogP contribution in [0.5, 0.6) is 0 Å². The van der Waals surface area contributed by atoms with E-state index in [1.54, 1.807) is 18.3 Å². The molecule has 15 heteroatoms. The third-order valence-corrected chi connectivity index (χ3v) is 12.9. The van der Waals surface area contributed by atoms with Crippen molar-refractivity contribution in [3.63, 3.8) is 0 Å². The van der Waals surface area contributed by atoms with Crippen LogP contribution in [0.25, 0.3) is 0 Å². The summed E-state index contributed by atoms with van der Waals surface area (Å²) in [6.45, 7) is 6.00. The third-order valence-electron chi connectivity index (χ3n) is 12.9. The van der Waals surface area contributed by atoms with Crippen molar-refractivity contribution in [2.75, 3.05) is 60.5 Å². The minimum absolute atomic E-state index is 0.0900. The van der Waals surface area contributed by atoms with E-state index in [1.165, 1.54) is 0 Å². The Morgan fingerprint density at radius 1 is 0.754 bits per heavy atom. The predicted molar refractivity (Wildman–Crippen MR) is 210 cm³/mol. The van der Waals surface area contributed by atoms with E-state index in [0.717, 1.165) is 93.2 Å². The number of benzene rings is 2. The smallest absolute Gasteiger partial charge is 0.269 e. The number of nitrogens with one attached hydrogen (secondary N) is 1. The van der Waals surface area contributed by atoms with Gasteiger partial charge in [0.2, 0.25) is 17.7 Å². The molecular weight excluding hydrogens is 727 g/mol. The van der Waals surface area contributed by atoms with Gasteiger partial charge in [-0.1, -0.05) is 12.1 Å². The Hall–Kier alpha value is -5.86. The van der Waals surface area contributed by atoms with Crippen LogP contribution in [0.1, 0.15) is 93.8 Å². The molecule has 0 bridgehead atoms. The highest BCUT2D eigenvalue weighted by molar-refractivity contribution is 6.23. The van der Waals surface area contributed by atoms with Crippen LogP contribution in [-0.2, 0) is 20.8 Å². The summed E-state index contributed by atoms with van der Waals surface area (Å²) in [6, 6.07) is 12.9. The lowest BCUT2D eigenvalue weighted by atomic mass is 9.79. The molecule has 6 amide bonds. The Kier molecular flexibility index (Phi) is 9.61. The zero-order valence-corrected chi connectivity index (χ0v) is 31.9. The lowest BCUT2D eigenvalue weighted by Crippen LogP contribution is -2.54.